The van der Waals surface area contributed by atoms with Crippen LogP contribution in [0.1, 0.15) is 58.8 Å². The maximum Gasteiger partial charge on any atom is 0.222 e. The topological polar surface area (TPSA) is 55.6 Å². The second-order valence-corrected chi connectivity index (χ2v) is 6.16. The molecule has 0 aromatic carbocycles. The molecule has 1 atom stereocenters. The molecule has 2 N–H and O–H groups in total. The maximum atomic E-state index is 12.4. The lowest BCUT2D eigenvalue weighted by Gasteiger charge is -2.30. The van der Waals surface area contributed by atoms with E-state index in [0.29, 0.717) is 37.6 Å². The molecule has 1 aliphatic rings. The van der Waals surface area contributed by atoms with Gasteiger partial charge in [-0.05, 0) is 51.4 Å². The average Bonchev–Trinajstić information content (AvgIpc) is 2.46. The van der Waals surface area contributed by atoms with Gasteiger partial charge in [-0.3, -0.25) is 4.79 Å². The number of nitrogens with two attached hydrogens (primary N) is 1. The minimum absolute atomic E-state index is 0.284. The summed E-state index contributed by atoms with van der Waals surface area (Å²) < 4.78 is 5.12. The lowest BCUT2D eigenvalue weighted by molar-refractivity contribution is -0.134. The maximum absolute atomic E-state index is 12.4. The molecule has 1 fully saturated rings. The summed E-state index contributed by atoms with van der Waals surface area (Å²) in [6.07, 6.45) is 7.31. The number of carbonyl (C=O) groups is 1. The normalized spacial score (nSPS) is 24.4. The number of ether oxygens (including phenoxy) is 1. The van der Waals surface area contributed by atoms with Gasteiger partial charge in [0.2, 0.25) is 5.91 Å². The first kappa shape index (κ1) is 17.4. The number of amides is 1. The second-order valence-electron chi connectivity index (χ2n) is 6.16. The van der Waals surface area contributed by atoms with Crippen LogP contribution in [0.5, 0.6) is 0 Å². The van der Waals surface area contributed by atoms with Gasteiger partial charge in [0.25, 0.3) is 0 Å². The van der Waals surface area contributed by atoms with E-state index in [4.69, 9.17) is 10.5 Å². The highest BCUT2D eigenvalue weighted by Gasteiger charge is 2.22. The molecule has 1 amide bonds. The van der Waals surface area contributed by atoms with Gasteiger partial charge in [0.1, 0.15) is 0 Å². The van der Waals surface area contributed by atoms with Crippen LogP contribution in [-0.4, -0.2) is 43.2 Å². The zero-order valence-electron chi connectivity index (χ0n) is 13.4. The number of nitrogens with zero attached hydrogens (tertiary/aromatic N) is 1. The van der Waals surface area contributed by atoms with Crippen molar-refractivity contribution in [1.82, 2.24) is 4.90 Å². The van der Waals surface area contributed by atoms with Crippen LogP contribution in [0, 0.1) is 5.92 Å². The molecule has 1 saturated carbocycles. The molecule has 1 aliphatic carbocycles. The van der Waals surface area contributed by atoms with Crippen LogP contribution in [0.25, 0.3) is 0 Å². The lowest BCUT2D eigenvalue weighted by atomic mass is 9.83. The van der Waals surface area contributed by atoms with Crippen molar-refractivity contribution in [2.45, 2.75) is 70.9 Å². The van der Waals surface area contributed by atoms with Crippen LogP contribution < -0.4 is 5.73 Å². The summed E-state index contributed by atoms with van der Waals surface area (Å²) in [5.41, 5.74) is 5.92. The third-order valence-corrected chi connectivity index (χ3v) is 4.64. The molecule has 4 nitrogen and oxygen atoms in total. The van der Waals surface area contributed by atoms with E-state index in [1.807, 2.05) is 4.90 Å². The summed E-state index contributed by atoms with van der Waals surface area (Å²) >= 11 is 0. The number of carbonyl (C=O) groups excluding carboxylic acids is 1. The van der Waals surface area contributed by atoms with Gasteiger partial charge in [-0.1, -0.05) is 6.92 Å². The first-order chi connectivity index (χ1) is 9.58. The first-order valence-electron chi connectivity index (χ1n) is 8.12. The van der Waals surface area contributed by atoms with Crippen LogP contribution in [0.15, 0.2) is 0 Å². The highest BCUT2D eigenvalue weighted by molar-refractivity contribution is 5.76. The quantitative estimate of drug-likeness (QED) is 0.745. The molecule has 0 bridgehead atoms. The highest BCUT2D eigenvalue weighted by Crippen LogP contribution is 2.27. The Balaban J connectivity index is 2.37. The molecule has 0 radical (unpaired) electrons. The van der Waals surface area contributed by atoms with Gasteiger partial charge in [-0.15, -0.1) is 0 Å². The van der Waals surface area contributed by atoms with Crippen molar-refractivity contribution < 1.29 is 9.53 Å². The summed E-state index contributed by atoms with van der Waals surface area (Å²) in [5, 5.41) is 0. The fraction of sp³-hybridized carbons (Fsp3) is 0.938. The summed E-state index contributed by atoms with van der Waals surface area (Å²) in [5.74, 6) is 0.978. The van der Waals surface area contributed by atoms with Crippen LogP contribution >= 0.6 is 0 Å². The van der Waals surface area contributed by atoms with E-state index in [1.165, 1.54) is 12.8 Å². The van der Waals surface area contributed by atoms with Crippen molar-refractivity contribution in [3.05, 3.63) is 0 Å². The zero-order chi connectivity index (χ0) is 15.0. The molecule has 0 spiro atoms. The summed E-state index contributed by atoms with van der Waals surface area (Å²) in [4.78, 5) is 14.4. The number of methoxy groups -OCH3 is 1. The molecule has 4 heteroatoms. The van der Waals surface area contributed by atoms with Gasteiger partial charge in [0, 0.05) is 32.2 Å². The van der Waals surface area contributed by atoms with Crippen molar-refractivity contribution in [3.8, 4) is 0 Å². The fourth-order valence-electron chi connectivity index (χ4n) is 2.95. The van der Waals surface area contributed by atoms with E-state index >= 15 is 0 Å². The van der Waals surface area contributed by atoms with Crippen LogP contribution in [0.4, 0.5) is 0 Å². The SMILES string of the molecule is CCC(C)N(CCOC)C(=O)CCC1CCC(N)CC1. The largest absolute Gasteiger partial charge is 0.383 e. The number of hydrogen-bond donors (Lipinski definition) is 1. The summed E-state index contributed by atoms with van der Waals surface area (Å²) in [6.45, 7) is 5.57. The third-order valence-electron chi connectivity index (χ3n) is 4.64. The van der Waals surface area contributed by atoms with E-state index < -0.39 is 0 Å². The molecule has 0 saturated heterocycles. The van der Waals surface area contributed by atoms with Gasteiger partial charge >= 0.3 is 0 Å². The molecular formula is C16H32N2O2. The Morgan fingerprint density at radius 3 is 2.55 bits per heavy atom. The van der Waals surface area contributed by atoms with Crippen molar-refractivity contribution in [1.29, 1.82) is 0 Å². The smallest absolute Gasteiger partial charge is 0.222 e. The van der Waals surface area contributed by atoms with Crippen molar-refractivity contribution in [2.75, 3.05) is 20.3 Å². The van der Waals surface area contributed by atoms with E-state index in [0.717, 1.165) is 25.7 Å². The molecule has 0 aromatic heterocycles. The molecule has 0 aromatic rings. The van der Waals surface area contributed by atoms with E-state index in [1.54, 1.807) is 7.11 Å². The van der Waals surface area contributed by atoms with E-state index in [2.05, 4.69) is 13.8 Å². The molecule has 20 heavy (non-hydrogen) atoms. The predicted octanol–water partition coefficient (Wildman–Crippen LogP) is 2.56. The standard InChI is InChI=1S/C16H32N2O2/c1-4-13(2)18(11-12-20-3)16(19)10-7-14-5-8-15(17)9-6-14/h13-15H,4-12,17H2,1-3H3. The Morgan fingerprint density at radius 2 is 2.00 bits per heavy atom. The van der Waals surface area contributed by atoms with Crippen LogP contribution in [0.3, 0.4) is 0 Å². The Labute approximate surface area is 124 Å². The molecule has 1 unspecified atom stereocenters. The van der Waals surface area contributed by atoms with E-state index in [-0.39, 0.29) is 5.91 Å². The minimum Gasteiger partial charge on any atom is -0.383 e. The third kappa shape index (κ3) is 5.80. The average molecular weight is 284 g/mol. The highest BCUT2D eigenvalue weighted by atomic mass is 16.5. The molecular weight excluding hydrogens is 252 g/mol. The van der Waals surface area contributed by atoms with Crippen LogP contribution in [0.2, 0.25) is 0 Å². The predicted molar refractivity (Wildman–Crippen MR) is 82.5 cm³/mol. The number of rotatable bonds is 8. The Morgan fingerprint density at radius 1 is 1.35 bits per heavy atom. The van der Waals surface area contributed by atoms with Gasteiger partial charge in [0.05, 0.1) is 6.61 Å². The zero-order valence-corrected chi connectivity index (χ0v) is 13.4. The van der Waals surface area contributed by atoms with Crippen molar-refractivity contribution in [2.24, 2.45) is 11.7 Å². The van der Waals surface area contributed by atoms with Gasteiger partial charge in [-0.2, -0.15) is 0 Å². The monoisotopic (exact) mass is 284 g/mol. The van der Waals surface area contributed by atoms with E-state index in [9.17, 15) is 4.79 Å². The Hall–Kier alpha value is -0.610. The second kappa shape index (κ2) is 9.35. The molecule has 118 valence electrons. The lowest BCUT2D eigenvalue weighted by Crippen LogP contribution is -2.40. The van der Waals surface area contributed by atoms with Gasteiger partial charge < -0.3 is 15.4 Å². The Bertz CT molecular complexity index is 276. The van der Waals surface area contributed by atoms with Crippen molar-refractivity contribution >= 4 is 5.91 Å². The minimum atomic E-state index is 0.284. The molecule has 0 aliphatic heterocycles. The fourth-order valence-corrected chi connectivity index (χ4v) is 2.95. The summed E-state index contributed by atoms with van der Waals surface area (Å²) in [7, 11) is 1.69. The molecule has 1 rings (SSSR count). The van der Waals surface area contributed by atoms with Crippen molar-refractivity contribution in [3.63, 3.8) is 0 Å². The van der Waals surface area contributed by atoms with Gasteiger partial charge in [-0.25, -0.2) is 0 Å². The number of hydrogen-bond acceptors (Lipinski definition) is 3. The van der Waals surface area contributed by atoms with Crippen LogP contribution in [-0.2, 0) is 9.53 Å². The molecule has 0 heterocycles. The van der Waals surface area contributed by atoms with Gasteiger partial charge in [0.15, 0.2) is 0 Å². The summed E-state index contributed by atoms with van der Waals surface area (Å²) in [6, 6.07) is 0.692. The first-order valence-corrected chi connectivity index (χ1v) is 8.12. The Kier molecular flexibility index (Phi) is 8.15.